The quantitative estimate of drug-likeness (QED) is 0.687. The van der Waals surface area contributed by atoms with Crippen LogP contribution in [0.1, 0.15) is 21.6 Å². The van der Waals surface area contributed by atoms with Gasteiger partial charge in [-0.05, 0) is 31.2 Å². The van der Waals surface area contributed by atoms with E-state index < -0.39 is 0 Å². The van der Waals surface area contributed by atoms with Gasteiger partial charge in [0, 0.05) is 38.8 Å². The molecule has 0 aliphatic carbocycles. The zero-order valence-corrected chi connectivity index (χ0v) is 15.3. The Bertz CT molecular complexity index is 1040. The molecule has 1 aromatic carbocycles. The summed E-state index contributed by atoms with van der Waals surface area (Å²) in [5.41, 5.74) is 3.82. The number of nitrogens with zero attached hydrogens (tertiary/aromatic N) is 7. The first-order valence-corrected chi connectivity index (χ1v) is 8.77. The van der Waals surface area contributed by atoms with E-state index in [1.54, 1.807) is 30.6 Å². The zero-order chi connectivity index (χ0) is 19.0. The van der Waals surface area contributed by atoms with E-state index in [0.717, 1.165) is 22.5 Å². The average Bonchev–Trinajstić information content (AvgIpc) is 3.01. The van der Waals surface area contributed by atoms with E-state index in [0.29, 0.717) is 37.3 Å². The van der Waals surface area contributed by atoms with E-state index in [4.69, 9.17) is 5.26 Å². The van der Waals surface area contributed by atoms with Crippen LogP contribution in [0, 0.1) is 18.3 Å². The van der Waals surface area contributed by atoms with Crippen LogP contribution in [0.2, 0.25) is 0 Å². The van der Waals surface area contributed by atoms with Gasteiger partial charge in [-0.25, -0.2) is 9.97 Å². The summed E-state index contributed by atoms with van der Waals surface area (Å²) < 4.78 is 1.81. The molecule has 0 radical (unpaired) electrons. The van der Waals surface area contributed by atoms with Crippen LogP contribution in [0.15, 0.2) is 30.6 Å². The van der Waals surface area contributed by atoms with Gasteiger partial charge < -0.3 is 9.80 Å². The van der Waals surface area contributed by atoms with Crippen molar-refractivity contribution in [1.82, 2.24) is 24.6 Å². The van der Waals surface area contributed by atoms with E-state index in [2.05, 4.69) is 26.0 Å². The van der Waals surface area contributed by atoms with Crippen molar-refractivity contribution in [2.24, 2.45) is 7.05 Å². The van der Waals surface area contributed by atoms with E-state index >= 15 is 0 Å². The van der Waals surface area contributed by atoms with Gasteiger partial charge in [-0.15, -0.1) is 0 Å². The second-order valence-corrected chi connectivity index (χ2v) is 6.57. The van der Waals surface area contributed by atoms with Crippen LogP contribution in [0.5, 0.6) is 0 Å². The molecule has 1 aliphatic heterocycles. The molecule has 0 bridgehead atoms. The van der Waals surface area contributed by atoms with E-state index in [9.17, 15) is 4.79 Å². The van der Waals surface area contributed by atoms with Crippen LogP contribution in [-0.2, 0) is 7.05 Å². The highest BCUT2D eigenvalue weighted by atomic mass is 16.2. The molecule has 2 aromatic heterocycles. The molecule has 1 fully saturated rings. The number of fused-ring (bicyclic) bond motifs is 1. The minimum absolute atomic E-state index is 0.0108. The molecule has 3 heterocycles. The summed E-state index contributed by atoms with van der Waals surface area (Å²) in [5, 5.41) is 13.3. The molecule has 0 spiro atoms. The lowest BCUT2D eigenvalue weighted by molar-refractivity contribution is 0.0746. The highest BCUT2D eigenvalue weighted by Gasteiger charge is 2.25. The van der Waals surface area contributed by atoms with Gasteiger partial charge in [-0.2, -0.15) is 10.4 Å². The summed E-state index contributed by atoms with van der Waals surface area (Å²) in [6.45, 7) is 4.55. The second kappa shape index (κ2) is 6.68. The van der Waals surface area contributed by atoms with Crippen molar-refractivity contribution in [3.05, 3.63) is 47.4 Å². The van der Waals surface area contributed by atoms with Crippen molar-refractivity contribution in [2.75, 3.05) is 31.1 Å². The van der Waals surface area contributed by atoms with Crippen molar-refractivity contribution in [3.63, 3.8) is 0 Å². The number of carbonyl (C=O) groups is 1. The Balaban J connectivity index is 1.51. The number of benzene rings is 1. The molecule has 0 unspecified atom stereocenters. The first kappa shape index (κ1) is 17.0. The molecule has 0 N–H and O–H groups in total. The Labute approximate surface area is 156 Å². The molecule has 1 amide bonds. The Morgan fingerprint density at radius 3 is 2.48 bits per heavy atom. The molecule has 136 valence electrons. The third kappa shape index (κ3) is 2.97. The summed E-state index contributed by atoms with van der Waals surface area (Å²) in [6.07, 6.45) is 1.57. The molecule has 8 heteroatoms. The van der Waals surface area contributed by atoms with Crippen molar-refractivity contribution >= 4 is 22.8 Å². The van der Waals surface area contributed by atoms with Crippen LogP contribution >= 0.6 is 0 Å². The van der Waals surface area contributed by atoms with Crippen LogP contribution in [0.3, 0.4) is 0 Å². The maximum atomic E-state index is 12.7. The van der Waals surface area contributed by atoms with Crippen LogP contribution in [0.4, 0.5) is 5.82 Å². The van der Waals surface area contributed by atoms with Crippen molar-refractivity contribution in [3.8, 4) is 6.07 Å². The van der Waals surface area contributed by atoms with Crippen molar-refractivity contribution in [2.45, 2.75) is 6.92 Å². The number of piperazine rings is 1. The topological polar surface area (TPSA) is 90.9 Å². The van der Waals surface area contributed by atoms with Gasteiger partial charge in [0.05, 0.1) is 17.3 Å². The van der Waals surface area contributed by atoms with Crippen molar-refractivity contribution < 1.29 is 4.79 Å². The van der Waals surface area contributed by atoms with Crippen LogP contribution in [0.25, 0.3) is 11.0 Å². The zero-order valence-electron chi connectivity index (χ0n) is 15.3. The number of aromatic nitrogens is 4. The van der Waals surface area contributed by atoms with E-state index in [-0.39, 0.29) is 5.91 Å². The van der Waals surface area contributed by atoms with Crippen LogP contribution < -0.4 is 4.90 Å². The number of nitriles is 1. The monoisotopic (exact) mass is 361 g/mol. The Morgan fingerprint density at radius 1 is 1.11 bits per heavy atom. The molecule has 1 saturated heterocycles. The Kier molecular flexibility index (Phi) is 4.20. The number of amides is 1. The largest absolute Gasteiger partial charge is 0.351 e. The fourth-order valence-electron chi connectivity index (χ4n) is 3.48. The average molecular weight is 361 g/mol. The van der Waals surface area contributed by atoms with Gasteiger partial charge in [0.25, 0.3) is 5.91 Å². The standard InChI is InChI=1S/C19H19N7O/c1-13-16-17(24(2)23-13)18(22-12-21-16)25-7-9-26(10-8-25)19(27)15-5-3-14(11-20)4-6-15/h3-6,12H,7-10H2,1-2H3. The second-order valence-electron chi connectivity index (χ2n) is 6.57. The third-order valence-electron chi connectivity index (χ3n) is 4.90. The molecular weight excluding hydrogens is 342 g/mol. The summed E-state index contributed by atoms with van der Waals surface area (Å²) in [5.74, 6) is 0.844. The number of anilines is 1. The van der Waals surface area contributed by atoms with Gasteiger partial charge in [0.15, 0.2) is 5.82 Å². The molecular formula is C19H19N7O. The third-order valence-corrected chi connectivity index (χ3v) is 4.90. The molecule has 27 heavy (non-hydrogen) atoms. The highest BCUT2D eigenvalue weighted by molar-refractivity contribution is 5.94. The fourth-order valence-corrected chi connectivity index (χ4v) is 3.48. The highest BCUT2D eigenvalue weighted by Crippen LogP contribution is 2.25. The summed E-state index contributed by atoms with van der Waals surface area (Å²) in [7, 11) is 1.90. The molecule has 0 atom stereocenters. The predicted octanol–water partition coefficient (Wildman–Crippen LogP) is 1.51. The normalized spacial score (nSPS) is 14.4. The molecule has 1 aliphatic rings. The Hall–Kier alpha value is -3.47. The summed E-state index contributed by atoms with van der Waals surface area (Å²) in [4.78, 5) is 25.5. The van der Waals surface area contributed by atoms with Crippen LogP contribution in [-0.4, -0.2) is 56.7 Å². The predicted molar refractivity (Wildman–Crippen MR) is 100 cm³/mol. The Morgan fingerprint density at radius 2 is 1.81 bits per heavy atom. The maximum Gasteiger partial charge on any atom is 0.253 e. The minimum atomic E-state index is -0.0108. The number of carbonyl (C=O) groups excluding carboxylic acids is 1. The SMILES string of the molecule is Cc1nn(C)c2c(N3CCN(C(=O)c4ccc(C#N)cc4)CC3)ncnc12. The number of rotatable bonds is 2. The number of aryl methyl sites for hydroxylation is 2. The van der Waals surface area contributed by atoms with Gasteiger partial charge in [0.2, 0.25) is 0 Å². The van der Waals surface area contributed by atoms with E-state index in [1.807, 2.05) is 23.6 Å². The summed E-state index contributed by atoms with van der Waals surface area (Å²) >= 11 is 0. The maximum absolute atomic E-state index is 12.7. The number of hydrogen-bond donors (Lipinski definition) is 0. The van der Waals surface area contributed by atoms with Crippen molar-refractivity contribution in [1.29, 1.82) is 5.26 Å². The molecule has 4 rings (SSSR count). The molecule has 8 nitrogen and oxygen atoms in total. The smallest absolute Gasteiger partial charge is 0.253 e. The van der Waals surface area contributed by atoms with Gasteiger partial charge in [-0.3, -0.25) is 9.48 Å². The lowest BCUT2D eigenvalue weighted by atomic mass is 10.1. The molecule has 0 saturated carbocycles. The van der Waals surface area contributed by atoms with Gasteiger partial charge >= 0.3 is 0 Å². The summed E-state index contributed by atoms with van der Waals surface area (Å²) in [6, 6.07) is 8.83. The lowest BCUT2D eigenvalue weighted by Gasteiger charge is -2.35. The van der Waals surface area contributed by atoms with Gasteiger partial charge in [0.1, 0.15) is 17.4 Å². The number of hydrogen-bond acceptors (Lipinski definition) is 6. The van der Waals surface area contributed by atoms with Gasteiger partial charge in [-0.1, -0.05) is 0 Å². The first-order valence-electron chi connectivity index (χ1n) is 8.77. The molecule has 3 aromatic rings. The van der Waals surface area contributed by atoms with E-state index in [1.165, 1.54) is 0 Å². The fraction of sp³-hybridized carbons (Fsp3) is 0.316. The lowest BCUT2D eigenvalue weighted by Crippen LogP contribution is -2.49. The minimum Gasteiger partial charge on any atom is -0.351 e. The first-order chi connectivity index (χ1) is 13.1.